The van der Waals surface area contributed by atoms with Gasteiger partial charge in [0.2, 0.25) is 0 Å². The van der Waals surface area contributed by atoms with E-state index in [1.165, 1.54) is 5.56 Å². The van der Waals surface area contributed by atoms with Gasteiger partial charge in [-0.2, -0.15) is 5.10 Å². The van der Waals surface area contributed by atoms with Crippen molar-refractivity contribution >= 4 is 0 Å². The molecule has 0 aliphatic carbocycles. The summed E-state index contributed by atoms with van der Waals surface area (Å²) in [5.41, 5.74) is 1.21. The minimum Gasteiger partial charge on any atom is -0.486 e. The zero-order valence-electron chi connectivity index (χ0n) is 14.5. The van der Waals surface area contributed by atoms with Crippen LogP contribution in [-0.4, -0.2) is 53.0 Å². The highest BCUT2D eigenvalue weighted by molar-refractivity contribution is 5.43. The van der Waals surface area contributed by atoms with Crippen molar-refractivity contribution in [3.63, 3.8) is 0 Å². The number of morpholine rings is 1. The smallest absolute Gasteiger partial charge is 0.180 e. The van der Waals surface area contributed by atoms with Gasteiger partial charge in [-0.3, -0.25) is 10.00 Å². The summed E-state index contributed by atoms with van der Waals surface area (Å²) < 4.78 is 17.1. The molecule has 0 saturated carbocycles. The molecule has 2 aromatic rings. The van der Waals surface area contributed by atoms with Crippen LogP contribution >= 0.6 is 0 Å². The van der Waals surface area contributed by atoms with Crippen molar-refractivity contribution < 1.29 is 14.2 Å². The lowest BCUT2D eigenvalue weighted by Gasteiger charge is -2.31. The summed E-state index contributed by atoms with van der Waals surface area (Å²) in [6.07, 6.45) is 1.89. The number of H-pyrrole nitrogens is 1. The zero-order chi connectivity index (χ0) is 17.1. The Morgan fingerprint density at radius 3 is 2.96 bits per heavy atom. The van der Waals surface area contributed by atoms with Crippen LogP contribution in [-0.2, 0) is 17.7 Å². The molecule has 4 rings (SSSR count). The van der Waals surface area contributed by atoms with Crippen molar-refractivity contribution in [2.75, 3.05) is 32.9 Å². The van der Waals surface area contributed by atoms with Crippen LogP contribution in [0, 0.1) is 0 Å². The van der Waals surface area contributed by atoms with Crippen LogP contribution in [0.25, 0.3) is 0 Å². The number of rotatable bonds is 5. The molecule has 0 spiro atoms. The number of aryl methyl sites for hydroxylation is 1. The molecule has 1 atom stereocenters. The van der Waals surface area contributed by atoms with E-state index in [1.807, 2.05) is 6.07 Å². The number of nitrogens with zero attached hydrogens (tertiary/aromatic N) is 3. The summed E-state index contributed by atoms with van der Waals surface area (Å²) in [6, 6.07) is 6.17. The van der Waals surface area contributed by atoms with Gasteiger partial charge in [-0.25, -0.2) is 4.98 Å². The molecule has 1 unspecified atom stereocenters. The van der Waals surface area contributed by atoms with Crippen molar-refractivity contribution in [3.8, 4) is 11.5 Å². The summed E-state index contributed by atoms with van der Waals surface area (Å²) in [4.78, 5) is 6.94. The van der Waals surface area contributed by atoms with Crippen molar-refractivity contribution in [3.05, 3.63) is 35.4 Å². The highest BCUT2D eigenvalue weighted by Crippen LogP contribution is 2.31. The molecule has 0 bridgehead atoms. The first kappa shape index (κ1) is 16.4. The maximum Gasteiger partial charge on any atom is 0.180 e. The molecule has 1 saturated heterocycles. The molecule has 2 aliphatic rings. The van der Waals surface area contributed by atoms with E-state index in [0.29, 0.717) is 19.8 Å². The summed E-state index contributed by atoms with van der Waals surface area (Å²) in [5, 5.41) is 7.35. The normalized spacial score (nSPS) is 20.6. The average molecular weight is 344 g/mol. The Hall–Kier alpha value is -2.12. The molecular formula is C18H24N4O3. The number of fused-ring (bicyclic) bond motifs is 1. The van der Waals surface area contributed by atoms with Crippen LogP contribution in [0.3, 0.4) is 0 Å². The topological polar surface area (TPSA) is 72.5 Å². The molecular weight excluding hydrogens is 320 g/mol. The molecule has 1 fully saturated rings. The summed E-state index contributed by atoms with van der Waals surface area (Å²) in [5.74, 6) is 3.37. The molecule has 1 N–H and O–H groups in total. The molecule has 134 valence electrons. The molecule has 25 heavy (non-hydrogen) atoms. The van der Waals surface area contributed by atoms with Gasteiger partial charge in [0.25, 0.3) is 0 Å². The Morgan fingerprint density at radius 2 is 2.08 bits per heavy atom. The van der Waals surface area contributed by atoms with Crippen molar-refractivity contribution in [2.24, 2.45) is 0 Å². The predicted octanol–water partition coefficient (Wildman–Crippen LogP) is 2.10. The number of hydrogen-bond acceptors (Lipinski definition) is 6. The SMILES string of the molecule is CCCc1nc(C2CN(Cc3ccc4c(c3)OCCO4)CCO2)n[nH]1. The fourth-order valence-corrected chi connectivity index (χ4v) is 3.25. The zero-order valence-corrected chi connectivity index (χ0v) is 14.5. The number of hydrogen-bond donors (Lipinski definition) is 1. The quantitative estimate of drug-likeness (QED) is 0.896. The van der Waals surface area contributed by atoms with Gasteiger partial charge < -0.3 is 14.2 Å². The van der Waals surface area contributed by atoms with Gasteiger partial charge >= 0.3 is 0 Å². The largest absolute Gasteiger partial charge is 0.486 e. The molecule has 2 aliphatic heterocycles. The second-order valence-electron chi connectivity index (χ2n) is 6.46. The van der Waals surface area contributed by atoms with Crippen LogP contribution in [0.1, 0.15) is 36.7 Å². The van der Waals surface area contributed by atoms with Crippen molar-refractivity contribution in [2.45, 2.75) is 32.4 Å². The average Bonchev–Trinajstić information content (AvgIpc) is 3.11. The minimum atomic E-state index is -0.0761. The standard InChI is InChI=1S/C18H24N4O3/c1-2-3-17-19-18(21-20-17)16-12-22(6-7-23-16)11-13-4-5-14-15(10-13)25-9-8-24-14/h4-5,10,16H,2-3,6-9,11-12H2,1H3,(H,19,20,21). The number of aromatic amines is 1. The van der Waals surface area contributed by atoms with Gasteiger partial charge in [-0.15, -0.1) is 0 Å². The maximum atomic E-state index is 5.88. The van der Waals surface area contributed by atoms with E-state index >= 15 is 0 Å². The first-order chi connectivity index (χ1) is 12.3. The molecule has 7 nitrogen and oxygen atoms in total. The van der Waals surface area contributed by atoms with Gasteiger partial charge in [-0.05, 0) is 24.1 Å². The second kappa shape index (κ2) is 7.41. The predicted molar refractivity (Wildman–Crippen MR) is 91.8 cm³/mol. The molecule has 1 aromatic heterocycles. The van der Waals surface area contributed by atoms with Crippen LogP contribution in [0.5, 0.6) is 11.5 Å². The molecule has 0 amide bonds. The second-order valence-corrected chi connectivity index (χ2v) is 6.46. The van der Waals surface area contributed by atoms with E-state index < -0.39 is 0 Å². The van der Waals surface area contributed by atoms with Gasteiger partial charge in [0.15, 0.2) is 17.3 Å². The Labute approximate surface area is 147 Å². The minimum absolute atomic E-state index is 0.0761. The van der Waals surface area contributed by atoms with Gasteiger partial charge in [0.05, 0.1) is 6.61 Å². The summed E-state index contributed by atoms with van der Waals surface area (Å²) in [6.45, 7) is 6.59. The number of aromatic nitrogens is 3. The lowest BCUT2D eigenvalue weighted by Crippen LogP contribution is -2.38. The first-order valence-electron chi connectivity index (χ1n) is 8.95. The number of benzene rings is 1. The third kappa shape index (κ3) is 3.77. The molecule has 7 heteroatoms. The monoisotopic (exact) mass is 344 g/mol. The van der Waals surface area contributed by atoms with E-state index in [2.05, 4.69) is 39.1 Å². The molecule has 3 heterocycles. The van der Waals surface area contributed by atoms with E-state index in [9.17, 15) is 0 Å². The van der Waals surface area contributed by atoms with Crippen LogP contribution in [0.4, 0.5) is 0 Å². The molecule has 1 aromatic carbocycles. The fourth-order valence-electron chi connectivity index (χ4n) is 3.25. The van der Waals surface area contributed by atoms with Crippen molar-refractivity contribution in [1.82, 2.24) is 20.1 Å². The van der Waals surface area contributed by atoms with Gasteiger partial charge in [0, 0.05) is 26.1 Å². The number of ether oxygens (including phenoxy) is 3. The van der Waals surface area contributed by atoms with Crippen LogP contribution in [0.15, 0.2) is 18.2 Å². The third-order valence-electron chi connectivity index (χ3n) is 4.49. The van der Waals surface area contributed by atoms with Crippen LogP contribution < -0.4 is 9.47 Å². The maximum absolute atomic E-state index is 5.88. The molecule has 0 radical (unpaired) electrons. The van der Waals surface area contributed by atoms with Crippen molar-refractivity contribution in [1.29, 1.82) is 0 Å². The summed E-state index contributed by atoms with van der Waals surface area (Å²) >= 11 is 0. The number of nitrogens with one attached hydrogen (secondary N) is 1. The van der Waals surface area contributed by atoms with E-state index in [0.717, 1.165) is 55.6 Å². The lowest BCUT2D eigenvalue weighted by molar-refractivity contribution is -0.0371. The van der Waals surface area contributed by atoms with Gasteiger partial charge in [-0.1, -0.05) is 13.0 Å². The Morgan fingerprint density at radius 1 is 1.20 bits per heavy atom. The van der Waals surface area contributed by atoms with E-state index in [4.69, 9.17) is 14.2 Å². The first-order valence-corrected chi connectivity index (χ1v) is 8.95. The van der Waals surface area contributed by atoms with E-state index in [-0.39, 0.29) is 6.10 Å². The fraction of sp³-hybridized carbons (Fsp3) is 0.556. The van der Waals surface area contributed by atoms with Crippen LogP contribution in [0.2, 0.25) is 0 Å². The highest BCUT2D eigenvalue weighted by atomic mass is 16.6. The Bertz CT molecular complexity index is 718. The third-order valence-corrected chi connectivity index (χ3v) is 4.49. The lowest BCUT2D eigenvalue weighted by atomic mass is 10.1. The Kier molecular flexibility index (Phi) is 4.85. The van der Waals surface area contributed by atoms with Gasteiger partial charge in [0.1, 0.15) is 25.1 Å². The summed E-state index contributed by atoms with van der Waals surface area (Å²) in [7, 11) is 0. The highest BCUT2D eigenvalue weighted by Gasteiger charge is 2.25. The Balaban J connectivity index is 1.41. The van der Waals surface area contributed by atoms with E-state index in [1.54, 1.807) is 0 Å².